The summed E-state index contributed by atoms with van der Waals surface area (Å²) in [6, 6.07) is 6.32. The van der Waals surface area contributed by atoms with Crippen LogP contribution in [-0.4, -0.2) is 17.5 Å². The van der Waals surface area contributed by atoms with E-state index in [4.69, 9.17) is 0 Å². The first-order chi connectivity index (χ1) is 7.24. The molecule has 0 unspecified atom stereocenters. The number of benzene rings is 1. The highest BCUT2D eigenvalue weighted by Gasteiger charge is 2.20. The van der Waals surface area contributed by atoms with Crippen molar-refractivity contribution in [3.8, 4) is 0 Å². The number of aryl methyl sites for hydroxylation is 1. The Labute approximate surface area is 90.1 Å². The summed E-state index contributed by atoms with van der Waals surface area (Å²) in [7, 11) is 0. The average Bonchev–Trinajstić information content (AvgIpc) is 2.27. The Balaban J connectivity index is 2.32. The predicted octanol–water partition coefficient (Wildman–Crippen LogP) is 2.62. The minimum Gasteiger partial charge on any atom is -0.320 e. The van der Waals surface area contributed by atoms with E-state index in [1.165, 1.54) is 11.1 Å². The molecule has 3 nitrogen and oxygen atoms in total. The summed E-state index contributed by atoms with van der Waals surface area (Å²) in [5.41, 5.74) is 3.44. The summed E-state index contributed by atoms with van der Waals surface area (Å²) in [5.74, 6) is 0. The Morgan fingerprint density at radius 3 is 2.87 bits per heavy atom. The van der Waals surface area contributed by atoms with Crippen LogP contribution < -0.4 is 5.32 Å². The fourth-order valence-electron chi connectivity index (χ4n) is 1.82. The van der Waals surface area contributed by atoms with Gasteiger partial charge in [-0.3, -0.25) is 0 Å². The maximum absolute atomic E-state index is 11.6. The Morgan fingerprint density at radius 2 is 2.20 bits per heavy atom. The minimum atomic E-state index is 0.0123. The van der Waals surface area contributed by atoms with Gasteiger partial charge < -0.3 is 10.2 Å². The Morgan fingerprint density at radius 1 is 1.40 bits per heavy atom. The molecule has 3 heteroatoms. The molecular formula is C12H16N2O. The molecule has 80 valence electrons. The molecule has 0 atom stereocenters. The third-order valence-electron chi connectivity index (χ3n) is 2.85. The molecule has 0 spiro atoms. The van der Waals surface area contributed by atoms with Gasteiger partial charge in [-0.25, -0.2) is 4.79 Å². The quantitative estimate of drug-likeness (QED) is 0.789. The van der Waals surface area contributed by atoms with E-state index < -0.39 is 0 Å². The molecule has 0 saturated carbocycles. The van der Waals surface area contributed by atoms with Crippen molar-refractivity contribution in [2.45, 2.75) is 26.8 Å². The maximum atomic E-state index is 11.6. The summed E-state index contributed by atoms with van der Waals surface area (Å²) in [5, 5.41) is 2.92. The van der Waals surface area contributed by atoms with Crippen LogP contribution in [-0.2, 0) is 13.0 Å². The standard InChI is InChI=1S/C12H16N2O/c1-3-9-5-6-10-8-14(4-2)12(15)13-11(10)7-9/h5-7H,3-4,8H2,1-2H3,(H,13,15). The molecule has 1 N–H and O–H groups in total. The van der Waals surface area contributed by atoms with Crippen molar-refractivity contribution in [1.82, 2.24) is 4.90 Å². The molecule has 15 heavy (non-hydrogen) atoms. The SMILES string of the molecule is CCc1ccc2c(c1)NC(=O)N(CC)C2. The summed E-state index contributed by atoms with van der Waals surface area (Å²) in [6.45, 7) is 5.58. The normalized spacial score (nSPS) is 14.8. The van der Waals surface area contributed by atoms with Gasteiger partial charge in [-0.05, 0) is 30.5 Å². The van der Waals surface area contributed by atoms with Crippen molar-refractivity contribution in [2.75, 3.05) is 11.9 Å². The minimum absolute atomic E-state index is 0.0123. The maximum Gasteiger partial charge on any atom is 0.322 e. The van der Waals surface area contributed by atoms with E-state index in [1.807, 2.05) is 6.92 Å². The molecule has 0 fully saturated rings. The zero-order valence-electron chi connectivity index (χ0n) is 9.21. The molecule has 1 aliphatic heterocycles. The van der Waals surface area contributed by atoms with Crippen molar-refractivity contribution >= 4 is 11.7 Å². The smallest absolute Gasteiger partial charge is 0.320 e. The molecule has 2 rings (SSSR count). The number of hydrogen-bond acceptors (Lipinski definition) is 1. The van der Waals surface area contributed by atoms with Crippen molar-refractivity contribution in [3.05, 3.63) is 29.3 Å². The second-order valence-electron chi connectivity index (χ2n) is 3.79. The predicted molar refractivity (Wildman–Crippen MR) is 60.9 cm³/mol. The Bertz CT molecular complexity index is 387. The average molecular weight is 204 g/mol. The third kappa shape index (κ3) is 1.82. The molecule has 1 heterocycles. The Hall–Kier alpha value is -1.51. The van der Waals surface area contributed by atoms with Crippen LogP contribution in [0.2, 0.25) is 0 Å². The zero-order chi connectivity index (χ0) is 10.8. The van der Waals surface area contributed by atoms with Crippen LogP contribution in [0.5, 0.6) is 0 Å². The van der Waals surface area contributed by atoms with Crippen LogP contribution in [0.1, 0.15) is 25.0 Å². The van der Waals surface area contributed by atoms with Gasteiger partial charge in [0.1, 0.15) is 0 Å². The van der Waals surface area contributed by atoms with Gasteiger partial charge in [0.15, 0.2) is 0 Å². The summed E-state index contributed by atoms with van der Waals surface area (Å²) in [6.07, 6.45) is 1.00. The van der Waals surface area contributed by atoms with Crippen LogP contribution in [0.25, 0.3) is 0 Å². The fraction of sp³-hybridized carbons (Fsp3) is 0.417. The fourth-order valence-corrected chi connectivity index (χ4v) is 1.82. The van der Waals surface area contributed by atoms with Crippen molar-refractivity contribution in [2.24, 2.45) is 0 Å². The van der Waals surface area contributed by atoms with Crippen molar-refractivity contribution in [3.63, 3.8) is 0 Å². The number of carbonyl (C=O) groups is 1. The number of hydrogen-bond donors (Lipinski definition) is 1. The van der Waals surface area contributed by atoms with Crippen LogP contribution in [0.4, 0.5) is 10.5 Å². The van der Waals surface area contributed by atoms with Gasteiger partial charge >= 0.3 is 6.03 Å². The third-order valence-corrected chi connectivity index (χ3v) is 2.85. The van der Waals surface area contributed by atoms with Gasteiger partial charge in [0, 0.05) is 18.8 Å². The van der Waals surface area contributed by atoms with E-state index in [1.54, 1.807) is 4.90 Å². The second kappa shape index (κ2) is 3.93. The lowest BCUT2D eigenvalue weighted by molar-refractivity contribution is 0.210. The summed E-state index contributed by atoms with van der Waals surface area (Å²) in [4.78, 5) is 13.4. The van der Waals surface area contributed by atoms with Crippen LogP contribution in [0.3, 0.4) is 0 Å². The van der Waals surface area contributed by atoms with E-state index in [0.717, 1.165) is 25.2 Å². The van der Waals surface area contributed by atoms with E-state index in [0.29, 0.717) is 0 Å². The van der Waals surface area contributed by atoms with Crippen molar-refractivity contribution < 1.29 is 4.79 Å². The van der Waals surface area contributed by atoms with Crippen LogP contribution in [0, 0.1) is 0 Å². The zero-order valence-corrected chi connectivity index (χ0v) is 9.21. The number of urea groups is 1. The van der Waals surface area contributed by atoms with Gasteiger partial charge in [-0.15, -0.1) is 0 Å². The molecule has 1 aromatic rings. The molecule has 0 saturated heterocycles. The topological polar surface area (TPSA) is 32.3 Å². The van der Waals surface area contributed by atoms with E-state index in [-0.39, 0.29) is 6.03 Å². The van der Waals surface area contributed by atoms with Gasteiger partial charge in [0.2, 0.25) is 0 Å². The molecule has 0 bridgehead atoms. The first-order valence-corrected chi connectivity index (χ1v) is 5.42. The number of nitrogens with one attached hydrogen (secondary N) is 1. The highest BCUT2D eigenvalue weighted by atomic mass is 16.2. The molecule has 2 amide bonds. The monoisotopic (exact) mass is 204 g/mol. The number of fused-ring (bicyclic) bond motifs is 1. The summed E-state index contributed by atoms with van der Waals surface area (Å²) < 4.78 is 0. The van der Waals surface area contributed by atoms with Gasteiger partial charge in [0.25, 0.3) is 0 Å². The first kappa shape index (κ1) is 10.0. The second-order valence-corrected chi connectivity index (χ2v) is 3.79. The number of carbonyl (C=O) groups excluding carboxylic acids is 1. The van der Waals surface area contributed by atoms with E-state index in [2.05, 4.69) is 30.4 Å². The van der Waals surface area contributed by atoms with E-state index >= 15 is 0 Å². The number of nitrogens with zero attached hydrogens (tertiary/aromatic N) is 1. The highest BCUT2D eigenvalue weighted by Crippen LogP contribution is 2.24. The molecular weight excluding hydrogens is 188 g/mol. The molecule has 0 radical (unpaired) electrons. The number of anilines is 1. The number of rotatable bonds is 2. The van der Waals surface area contributed by atoms with Crippen LogP contribution in [0.15, 0.2) is 18.2 Å². The molecule has 0 aromatic heterocycles. The first-order valence-electron chi connectivity index (χ1n) is 5.42. The molecule has 1 aliphatic rings. The van der Waals surface area contributed by atoms with Gasteiger partial charge in [-0.2, -0.15) is 0 Å². The van der Waals surface area contributed by atoms with Crippen LogP contribution >= 0.6 is 0 Å². The lowest BCUT2D eigenvalue weighted by atomic mass is 10.1. The largest absolute Gasteiger partial charge is 0.322 e. The van der Waals surface area contributed by atoms with Crippen molar-refractivity contribution in [1.29, 1.82) is 0 Å². The molecule has 0 aliphatic carbocycles. The lowest BCUT2D eigenvalue weighted by Crippen LogP contribution is -2.38. The highest BCUT2D eigenvalue weighted by molar-refractivity contribution is 5.92. The summed E-state index contributed by atoms with van der Waals surface area (Å²) >= 11 is 0. The number of amides is 2. The lowest BCUT2D eigenvalue weighted by Gasteiger charge is -2.28. The Kier molecular flexibility index (Phi) is 2.62. The molecule has 1 aromatic carbocycles. The van der Waals surface area contributed by atoms with E-state index in [9.17, 15) is 4.79 Å². The van der Waals surface area contributed by atoms with Gasteiger partial charge in [0.05, 0.1) is 0 Å². The van der Waals surface area contributed by atoms with Gasteiger partial charge in [-0.1, -0.05) is 19.1 Å².